The van der Waals surface area contributed by atoms with Crippen LogP contribution >= 0.6 is 0 Å². The molecule has 1 N–H and O–H groups in total. The quantitative estimate of drug-likeness (QED) is 0.855. The highest BCUT2D eigenvalue weighted by Gasteiger charge is 2.35. The molecule has 0 aliphatic carbocycles. The maximum absolute atomic E-state index is 13.6. The summed E-state index contributed by atoms with van der Waals surface area (Å²) in [5.41, 5.74) is -0.0479. The number of aromatic nitrogens is 3. The number of fused-ring (bicyclic) bond motifs is 1. The molecule has 0 aromatic carbocycles. The number of halogens is 4. The molecule has 23 heavy (non-hydrogen) atoms. The smallest absolute Gasteiger partial charge is 0.303 e. The molecule has 3 rings (SSSR count). The zero-order chi connectivity index (χ0) is 16.6. The van der Waals surface area contributed by atoms with Crippen LogP contribution in [0.4, 0.5) is 17.6 Å². The summed E-state index contributed by atoms with van der Waals surface area (Å²) in [6.45, 7) is 0.758. The van der Waals surface area contributed by atoms with Crippen molar-refractivity contribution in [1.29, 1.82) is 0 Å². The first kappa shape index (κ1) is 15.6. The topological polar surface area (TPSA) is 61.9 Å². The molecule has 2 aromatic rings. The van der Waals surface area contributed by atoms with E-state index in [1.165, 1.54) is 12.3 Å². The van der Waals surface area contributed by atoms with E-state index in [9.17, 15) is 22.4 Å². The van der Waals surface area contributed by atoms with Crippen molar-refractivity contribution in [2.45, 2.75) is 25.7 Å². The van der Waals surface area contributed by atoms with Crippen LogP contribution in [-0.4, -0.2) is 26.4 Å². The molecule has 0 atom stereocenters. The van der Waals surface area contributed by atoms with Crippen molar-refractivity contribution in [1.82, 2.24) is 19.9 Å². The van der Waals surface area contributed by atoms with Crippen molar-refractivity contribution in [2.75, 3.05) is 6.54 Å². The molecule has 0 unspecified atom stereocenters. The molecule has 0 bridgehead atoms. The predicted octanol–water partition coefficient (Wildman–Crippen LogP) is 1.88. The van der Waals surface area contributed by atoms with Crippen LogP contribution in [0.15, 0.2) is 23.3 Å². The number of nitrogens with zero attached hydrogens (tertiary/aromatic N) is 3. The largest absolute Gasteiger partial charge is 0.449 e. The Morgan fingerprint density at radius 1 is 1.35 bits per heavy atom. The summed E-state index contributed by atoms with van der Waals surface area (Å²) in [6, 6.07) is 1.53. The Bertz CT molecular complexity index is 787. The number of aromatic amines is 1. The Morgan fingerprint density at radius 2 is 2.13 bits per heavy atom. The minimum atomic E-state index is -4.69. The molecule has 0 fully saturated rings. The normalized spacial score (nSPS) is 15.5. The molecule has 0 spiro atoms. The number of nitrogens with one attached hydrogen (secondary N) is 1. The standard InChI is InChI=1S/C14H12F4N4O/c15-10-5-19-3-1-8(10)6-22-4-2-11-9(7-22)12(23)21-13(20-11)14(16,17)18/h1,3,5H,2,4,6-7H2,(H,20,21,23). The molecule has 0 saturated heterocycles. The van der Waals surface area contributed by atoms with Crippen molar-refractivity contribution < 1.29 is 17.6 Å². The highest BCUT2D eigenvalue weighted by Crippen LogP contribution is 2.26. The number of rotatable bonds is 2. The first-order valence-electron chi connectivity index (χ1n) is 6.84. The molecule has 2 aromatic heterocycles. The van der Waals surface area contributed by atoms with Gasteiger partial charge in [0.25, 0.3) is 5.56 Å². The number of H-pyrrole nitrogens is 1. The molecular weight excluding hydrogens is 316 g/mol. The third kappa shape index (κ3) is 3.24. The molecule has 0 radical (unpaired) electrons. The summed E-state index contributed by atoms with van der Waals surface area (Å²) in [5.74, 6) is -1.74. The minimum absolute atomic E-state index is 0.123. The predicted molar refractivity (Wildman–Crippen MR) is 71.9 cm³/mol. The number of hydrogen-bond acceptors (Lipinski definition) is 4. The van der Waals surface area contributed by atoms with Gasteiger partial charge in [-0.1, -0.05) is 0 Å². The zero-order valence-electron chi connectivity index (χ0n) is 11.8. The number of pyridine rings is 1. The second-order valence-electron chi connectivity index (χ2n) is 5.27. The van der Waals surface area contributed by atoms with Crippen molar-refractivity contribution in [3.05, 3.63) is 57.3 Å². The van der Waals surface area contributed by atoms with Gasteiger partial charge in [0.1, 0.15) is 5.82 Å². The van der Waals surface area contributed by atoms with Gasteiger partial charge in [0, 0.05) is 37.8 Å². The van der Waals surface area contributed by atoms with Crippen LogP contribution in [0.5, 0.6) is 0 Å². The van der Waals surface area contributed by atoms with Gasteiger partial charge in [0.05, 0.1) is 17.5 Å². The van der Waals surface area contributed by atoms with Crippen LogP contribution in [-0.2, 0) is 25.7 Å². The van der Waals surface area contributed by atoms with E-state index in [1.807, 2.05) is 0 Å². The molecule has 9 heteroatoms. The lowest BCUT2D eigenvalue weighted by molar-refractivity contribution is -0.145. The van der Waals surface area contributed by atoms with E-state index < -0.39 is 23.4 Å². The molecule has 1 aliphatic rings. The first-order valence-corrected chi connectivity index (χ1v) is 6.84. The third-order valence-corrected chi connectivity index (χ3v) is 3.67. The lowest BCUT2D eigenvalue weighted by Crippen LogP contribution is -2.36. The second-order valence-corrected chi connectivity index (χ2v) is 5.27. The van der Waals surface area contributed by atoms with E-state index in [4.69, 9.17) is 0 Å². The van der Waals surface area contributed by atoms with Gasteiger partial charge in [-0.3, -0.25) is 14.7 Å². The van der Waals surface area contributed by atoms with E-state index >= 15 is 0 Å². The zero-order valence-corrected chi connectivity index (χ0v) is 11.8. The highest BCUT2D eigenvalue weighted by atomic mass is 19.4. The lowest BCUT2D eigenvalue weighted by atomic mass is 10.1. The Balaban J connectivity index is 1.84. The number of alkyl halides is 3. The van der Waals surface area contributed by atoms with E-state index in [-0.39, 0.29) is 30.8 Å². The molecule has 5 nitrogen and oxygen atoms in total. The Kier molecular flexibility index (Phi) is 3.88. The van der Waals surface area contributed by atoms with Gasteiger partial charge in [0.15, 0.2) is 0 Å². The summed E-state index contributed by atoms with van der Waals surface area (Å²) in [4.78, 5) is 22.6. The maximum Gasteiger partial charge on any atom is 0.449 e. The van der Waals surface area contributed by atoms with Gasteiger partial charge in [-0.15, -0.1) is 0 Å². The first-order chi connectivity index (χ1) is 10.8. The number of hydrogen-bond donors (Lipinski definition) is 1. The fourth-order valence-corrected chi connectivity index (χ4v) is 2.52. The van der Waals surface area contributed by atoms with Gasteiger partial charge in [-0.2, -0.15) is 13.2 Å². The lowest BCUT2D eigenvalue weighted by Gasteiger charge is -2.27. The van der Waals surface area contributed by atoms with E-state index in [1.54, 1.807) is 9.88 Å². The fourth-order valence-electron chi connectivity index (χ4n) is 2.52. The molecule has 0 amide bonds. The molecule has 122 valence electrons. The Labute approximate surface area is 128 Å². The van der Waals surface area contributed by atoms with Crippen LogP contribution in [0.1, 0.15) is 22.6 Å². The van der Waals surface area contributed by atoms with Gasteiger partial charge >= 0.3 is 6.18 Å². The summed E-state index contributed by atoms with van der Waals surface area (Å²) >= 11 is 0. The van der Waals surface area contributed by atoms with E-state index in [2.05, 4.69) is 9.97 Å². The van der Waals surface area contributed by atoms with Crippen LogP contribution in [0.3, 0.4) is 0 Å². The average Bonchev–Trinajstić information content (AvgIpc) is 2.49. The van der Waals surface area contributed by atoms with Gasteiger partial charge < -0.3 is 4.98 Å². The van der Waals surface area contributed by atoms with Crippen molar-refractivity contribution >= 4 is 0 Å². The average molecular weight is 328 g/mol. The second kappa shape index (κ2) is 5.73. The van der Waals surface area contributed by atoms with Gasteiger partial charge in [0.2, 0.25) is 5.82 Å². The summed E-state index contributed by atoms with van der Waals surface area (Å²) in [6.07, 6.45) is -1.93. The van der Waals surface area contributed by atoms with Crippen LogP contribution in [0.2, 0.25) is 0 Å². The van der Waals surface area contributed by atoms with Crippen molar-refractivity contribution in [3.8, 4) is 0 Å². The van der Waals surface area contributed by atoms with Crippen LogP contribution in [0.25, 0.3) is 0 Å². The van der Waals surface area contributed by atoms with Crippen LogP contribution < -0.4 is 5.56 Å². The van der Waals surface area contributed by atoms with Gasteiger partial charge in [-0.05, 0) is 6.07 Å². The monoisotopic (exact) mass is 328 g/mol. The summed E-state index contributed by atoms with van der Waals surface area (Å²) in [5, 5.41) is 0. The Hall–Kier alpha value is -2.29. The van der Waals surface area contributed by atoms with E-state index in [0.29, 0.717) is 12.1 Å². The summed E-state index contributed by atoms with van der Waals surface area (Å²) in [7, 11) is 0. The maximum atomic E-state index is 13.6. The Morgan fingerprint density at radius 3 is 2.83 bits per heavy atom. The minimum Gasteiger partial charge on any atom is -0.303 e. The fraction of sp³-hybridized carbons (Fsp3) is 0.357. The molecule has 1 aliphatic heterocycles. The third-order valence-electron chi connectivity index (χ3n) is 3.67. The van der Waals surface area contributed by atoms with Gasteiger partial charge in [-0.25, -0.2) is 9.37 Å². The highest BCUT2D eigenvalue weighted by molar-refractivity contribution is 5.22. The van der Waals surface area contributed by atoms with E-state index in [0.717, 1.165) is 6.20 Å². The van der Waals surface area contributed by atoms with Crippen LogP contribution in [0, 0.1) is 5.82 Å². The molecular formula is C14H12F4N4O. The van der Waals surface area contributed by atoms with Crippen molar-refractivity contribution in [2.24, 2.45) is 0 Å². The van der Waals surface area contributed by atoms with Crippen molar-refractivity contribution in [3.63, 3.8) is 0 Å². The molecule has 0 saturated carbocycles. The molecule has 3 heterocycles. The summed E-state index contributed by atoms with van der Waals surface area (Å²) < 4.78 is 51.6. The SMILES string of the molecule is O=c1[nH]c(C(F)(F)F)nc2c1CN(Cc1ccncc1F)CC2.